The molecule has 0 heterocycles. The molecular weight excluding hydrogens is 316 g/mol. The lowest BCUT2D eigenvalue weighted by molar-refractivity contribution is -0.131. The first-order valence-electron chi connectivity index (χ1n) is 7.03. The van der Waals surface area contributed by atoms with Gasteiger partial charge in [-0.3, -0.25) is 9.59 Å². The van der Waals surface area contributed by atoms with Crippen molar-refractivity contribution in [2.24, 2.45) is 0 Å². The fraction of sp³-hybridized carbons (Fsp3) is 0.294. The van der Waals surface area contributed by atoms with Gasteiger partial charge < -0.3 is 24.1 Å². The molecule has 0 spiro atoms. The van der Waals surface area contributed by atoms with E-state index >= 15 is 0 Å². The van der Waals surface area contributed by atoms with Gasteiger partial charge in [0.15, 0.2) is 17.3 Å². The van der Waals surface area contributed by atoms with Crippen molar-refractivity contribution in [2.75, 3.05) is 21.3 Å². The number of carbonyl (C=O) groups excluding carboxylic acids is 2. The van der Waals surface area contributed by atoms with Gasteiger partial charge in [0.05, 0.1) is 37.7 Å². The number of phenols is 1. The van der Waals surface area contributed by atoms with Crippen LogP contribution < -0.4 is 18.9 Å². The van der Waals surface area contributed by atoms with E-state index < -0.39 is 5.97 Å². The van der Waals surface area contributed by atoms with E-state index in [1.54, 1.807) is 0 Å². The van der Waals surface area contributed by atoms with Crippen molar-refractivity contribution in [3.05, 3.63) is 17.7 Å². The third kappa shape index (κ3) is 2.80. The molecule has 0 amide bonds. The molecule has 0 fully saturated rings. The highest BCUT2D eigenvalue weighted by Gasteiger charge is 2.25. The van der Waals surface area contributed by atoms with E-state index in [-0.39, 0.29) is 45.1 Å². The molecule has 0 aliphatic carbocycles. The van der Waals surface area contributed by atoms with Crippen molar-refractivity contribution >= 4 is 22.5 Å². The van der Waals surface area contributed by atoms with Crippen LogP contribution in [-0.2, 0) is 4.79 Å². The number of hydrogen-bond donors (Lipinski definition) is 1. The van der Waals surface area contributed by atoms with Gasteiger partial charge in [-0.05, 0) is 13.0 Å². The van der Waals surface area contributed by atoms with Gasteiger partial charge in [-0.1, -0.05) is 0 Å². The lowest BCUT2D eigenvalue weighted by atomic mass is 9.99. The largest absolute Gasteiger partial charge is 0.506 e. The lowest BCUT2D eigenvalue weighted by Crippen LogP contribution is -2.06. The molecule has 2 aromatic rings. The smallest absolute Gasteiger partial charge is 0.308 e. The Labute approximate surface area is 138 Å². The Morgan fingerprint density at radius 3 is 1.96 bits per heavy atom. The van der Waals surface area contributed by atoms with E-state index in [0.717, 1.165) is 0 Å². The van der Waals surface area contributed by atoms with Crippen LogP contribution in [0.1, 0.15) is 24.2 Å². The quantitative estimate of drug-likeness (QED) is 0.510. The number of phenolic OH excluding ortho intramolecular Hbond substituents is 1. The summed E-state index contributed by atoms with van der Waals surface area (Å²) in [6.07, 6.45) is 0. The standard InChI is InChI=1S/C17H18O7/c1-8(18)10-6-12(24-9(2)19)15-14(16(10)20)11(21-3)7-13(22-4)17(15)23-5/h6-7,20H,1-5H3. The predicted octanol–water partition coefficient (Wildman–Crippen LogP) is 2.70. The van der Waals surface area contributed by atoms with Crippen molar-refractivity contribution < 1.29 is 33.6 Å². The monoisotopic (exact) mass is 334 g/mol. The van der Waals surface area contributed by atoms with Crippen LogP contribution in [-0.4, -0.2) is 38.2 Å². The zero-order valence-electron chi connectivity index (χ0n) is 14.1. The van der Waals surface area contributed by atoms with Gasteiger partial charge in [0, 0.05) is 13.0 Å². The fourth-order valence-electron chi connectivity index (χ4n) is 2.51. The fourth-order valence-corrected chi connectivity index (χ4v) is 2.51. The molecule has 128 valence electrons. The number of aromatic hydroxyl groups is 1. The molecule has 0 atom stereocenters. The van der Waals surface area contributed by atoms with Crippen LogP contribution in [0.15, 0.2) is 12.1 Å². The maximum absolute atomic E-state index is 11.8. The Morgan fingerprint density at radius 1 is 0.875 bits per heavy atom. The molecule has 2 rings (SSSR count). The Kier molecular flexibility index (Phi) is 4.82. The molecule has 0 saturated heterocycles. The minimum absolute atomic E-state index is 0.00395. The van der Waals surface area contributed by atoms with E-state index in [4.69, 9.17) is 18.9 Å². The minimum Gasteiger partial charge on any atom is -0.506 e. The Morgan fingerprint density at radius 2 is 1.50 bits per heavy atom. The van der Waals surface area contributed by atoms with Gasteiger partial charge in [-0.25, -0.2) is 0 Å². The number of ketones is 1. The van der Waals surface area contributed by atoms with Gasteiger partial charge in [0.2, 0.25) is 0 Å². The number of esters is 1. The van der Waals surface area contributed by atoms with Gasteiger partial charge in [-0.2, -0.15) is 0 Å². The van der Waals surface area contributed by atoms with E-state index in [0.29, 0.717) is 5.75 Å². The second-order valence-corrected chi connectivity index (χ2v) is 4.99. The van der Waals surface area contributed by atoms with Gasteiger partial charge in [-0.15, -0.1) is 0 Å². The average molecular weight is 334 g/mol. The van der Waals surface area contributed by atoms with Crippen LogP contribution in [0.3, 0.4) is 0 Å². The molecule has 24 heavy (non-hydrogen) atoms. The molecule has 1 N–H and O–H groups in total. The second-order valence-electron chi connectivity index (χ2n) is 4.99. The first kappa shape index (κ1) is 17.4. The maximum Gasteiger partial charge on any atom is 0.308 e. The van der Waals surface area contributed by atoms with E-state index in [1.807, 2.05) is 0 Å². The Bertz CT molecular complexity index is 824. The highest BCUT2D eigenvalue weighted by atomic mass is 16.5. The van der Waals surface area contributed by atoms with Crippen LogP contribution >= 0.6 is 0 Å². The molecule has 0 radical (unpaired) electrons. The Balaban J connectivity index is 3.08. The summed E-state index contributed by atoms with van der Waals surface area (Å²) in [6, 6.07) is 2.81. The summed E-state index contributed by atoms with van der Waals surface area (Å²) in [5.74, 6) is -0.377. The van der Waals surface area contributed by atoms with Gasteiger partial charge >= 0.3 is 5.97 Å². The summed E-state index contributed by atoms with van der Waals surface area (Å²) in [5.41, 5.74) is 0.00395. The number of benzene rings is 2. The predicted molar refractivity (Wildman–Crippen MR) is 86.6 cm³/mol. The molecule has 0 bridgehead atoms. The van der Waals surface area contributed by atoms with E-state index in [9.17, 15) is 14.7 Å². The molecule has 7 nitrogen and oxygen atoms in total. The van der Waals surface area contributed by atoms with Crippen LogP contribution in [0.4, 0.5) is 0 Å². The minimum atomic E-state index is -0.583. The topological polar surface area (TPSA) is 91.3 Å². The normalized spacial score (nSPS) is 10.4. The number of hydrogen-bond acceptors (Lipinski definition) is 7. The van der Waals surface area contributed by atoms with Crippen LogP contribution in [0.25, 0.3) is 10.8 Å². The SMILES string of the molecule is COc1cc(OC)c2c(O)c(C(C)=O)cc(OC(C)=O)c2c1OC. The third-order valence-corrected chi connectivity index (χ3v) is 3.50. The van der Waals surface area contributed by atoms with Crippen LogP contribution in [0.5, 0.6) is 28.7 Å². The maximum atomic E-state index is 11.8. The van der Waals surface area contributed by atoms with Crippen molar-refractivity contribution in [2.45, 2.75) is 13.8 Å². The number of fused-ring (bicyclic) bond motifs is 1. The second kappa shape index (κ2) is 6.66. The summed E-state index contributed by atoms with van der Waals surface area (Å²) in [5, 5.41) is 11.0. The molecule has 0 saturated carbocycles. The molecule has 7 heteroatoms. The van der Waals surface area contributed by atoms with E-state index in [2.05, 4.69) is 0 Å². The summed E-state index contributed by atoms with van der Waals surface area (Å²) < 4.78 is 21.1. The first-order valence-corrected chi connectivity index (χ1v) is 7.03. The van der Waals surface area contributed by atoms with E-state index in [1.165, 1.54) is 47.3 Å². The first-order chi connectivity index (χ1) is 11.3. The average Bonchev–Trinajstić information content (AvgIpc) is 2.54. The van der Waals surface area contributed by atoms with Crippen LogP contribution in [0.2, 0.25) is 0 Å². The van der Waals surface area contributed by atoms with Crippen molar-refractivity contribution in [1.29, 1.82) is 0 Å². The van der Waals surface area contributed by atoms with Crippen molar-refractivity contribution in [3.63, 3.8) is 0 Å². The molecule has 0 aliphatic heterocycles. The van der Waals surface area contributed by atoms with Crippen LogP contribution in [0, 0.1) is 0 Å². The number of ether oxygens (including phenoxy) is 4. The third-order valence-electron chi connectivity index (χ3n) is 3.50. The Hall–Kier alpha value is -2.96. The summed E-state index contributed by atoms with van der Waals surface area (Å²) >= 11 is 0. The zero-order valence-corrected chi connectivity index (χ0v) is 14.1. The highest BCUT2D eigenvalue weighted by Crippen LogP contribution is 2.50. The molecule has 2 aromatic carbocycles. The molecule has 0 aliphatic rings. The summed E-state index contributed by atoms with van der Waals surface area (Å²) in [4.78, 5) is 23.3. The number of Topliss-reactive ketones (excluding diaryl/α,β-unsaturated/α-hetero) is 1. The molecule has 0 aromatic heterocycles. The lowest BCUT2D eigenvalue weighted by Gasteiger charge is -2.18. The molecule has 0 unspecified atom stereocenters. The molecular formula is C17H18O7. The summed E-state index contributed by atoms with van der Waals surface area (Å²) in [7, 11) is 4.27. The number of rotatable bonds is 5. The van der Waals surface area contributed by atoms with Gasteiger partial charge in [0.1, 0.15) is 17.2 Å². The van der Waals surface area contributed by atoms with Gasteiger partial charge in [0.25, 0.3) is 0 Å². The van der Waals surface area contributed by atoms with Crippen molar-refractivity contribution in [3.8, 4) is 28.7 Å². The highest BCUT2D eigenvalue weighted by molar-refractivity contribution is 6.11. The van der Waals surface area contributed by atoms with Crippen molar-refractivity contribution in [1.82, 2.24) is 0 Å². The number of carbonyl (C=O) groups is 2. The number of methoxy groups -OCH3 is 3. The zero-order chi connectivity index (χ0) is 18.0. The summed E-state index contributed by atoms with van der Waals surface area (Å²) in [6.45, 7) is 2.53.